The molecule has 0 fully saturated rings. The van der Waals surface area contributed by atoms with Gasteiger partial charge in [-0.15, -0.1) is 0 Å². The van der Waals surface area contributed by atoms with Gasteiger partial charge in [-0.05, 0) is 0 Å². The quantitative estimate of drug-likeness (QED) is 0.299. The second-order valence-corrected chi connectivity index (χ2v) is 3.39. The van der Waals surface area contributed by atoms with Crippen LogP contribution in [0.15, 0.2) is 14.4 Å². The summed E-state index contributed by atoms with van der Waals surface area (Å²) in [6.07, 6.45) is 0. The second kappa shape index (κ2) is 2.72. The van der Waals surface area contributed by atoms with Crippen LogP contribution in [0.5, 0.6) is 0 Å². The van der Waals surface area contributed by atoms with Gasteiger partial charge in [-0.3, -0.25) is 14.4 Å². The number of nitrogen functional groups attached to an aromatic ring is 4. The first-order chi connectivity index (χ1) is 7.37. The summed E-state index contributed by atoms with van der Waals surface area (Å²) in [6, 6.07) is 0. The normalized spacial score (nSPS) is 11.0. The maximum atomic E-state index is 11.4. The minimum Gasteiger partial charge on any atom is -0.396 e. The van der Waals surface area contributed by atoms with E-state index in [0.29, 0.717) is 0 Å². The molecule has 0 radical (unpaired) electrons. The number of rotatable bonds is 0. The molecule has 7 nitrogen and oxygen atoms in total. The maximum absolute atomic E-state index is 11.4. The highest BCUT2D eigenvalue weighted by Gasteiger charge is 2.21. The van der Waals surface area contributed by atoms with Crippen molar-refractivity contribution in [2.75, 3.05) is 22.9 Å². The molecule has 0 unspecified atom stereocenters. The van der Waals surface area contributed by atoms with Crippen LogP contribution in [-0.4, -0.2) is 0 Å². The standard InChI is InChI=1S/C9H8N4O3/c10-3-1-2(4(11)6(13)5(3)12)8(15)9(16)7(1)14/h10-13H2. The predicted octanol–water partition coefficient (Wildman–Crippen LogP) is -1.88. The van der Waals surface area contributed by atoms with Gasteiger partial charge in [-0.2, -0.15) is 0 Å². The van der Waals surface area contributed by atoms with Crippen molar-refractivity contribution in [2.24, 2.45) is 0 Å². The van der Waals surface area contributed by atoms with Crippen LogP contribution in [0.4, 0.5) is 22.7 Å². The predicted molar refractivity (Wildman–Crippen MR) is 62.8 cm³/mol. The minimum absolute atomic E-state index is 0.0906. The van der Waals surface area contributed by atoms with E-state index in [9.17, 15) is 14.4 Å². The van der Waals surface area contributed by atoms with Gasteiger partial charge in [0.05, 0.1) is 33.5 Å². The molecule has 0 heterocycles. The van der Waals surface area contributed by atoms with E-state index in [0.717, 1.165) is 0 Å². The molecule has 0 aliphatic rings. The summed E-state index contributed by atoms with van der Waals surface area (Å²) in [5, 5.41) is -0.474. The van der Waals surface area contributed by atoms with E-state index >= 15 is 0 Å². The van der Waals surface area contributed by atoms with Crippen molar-refractivity contribution in [3.05, 3.63) is 30.7 Å². The maximum Gasteiger partial charge on any atom is 0.274 e. The number of nitrogens with two attached hydrogens (primary N) is 4. The van der Waals surface area contributed by atoms with Gasteiger partial charge in [0.25, 0.3) is 5.43 Å². The van der Waals surface area contributed by atoms with Gasteiger partial charge in [0, 0.05) is 0 Å². The average molecular weight is 220 g/mol. The van der Waals surface area contributed by atoms with Crippen molar-refractivity contribution < 1.29 is 0 Å². The Kier molecular flexibility index (Phi) is 1.69. The van der Waals surface area contributed by atoms with Gasteiger partial charge >= 0.3 is 0 Å². The van der Waals surface area contributed by atoms with Gasteiger partial charge in [0.2, 0.25) is 10.9 Å². The average Bonchev–Trinajstić information content (AvgIpc) is 2.48. The van der Waals surface area contributed by atoms with E-state index in [1.54, 1.807) is 0 Å². The van der Waals surface area contributed by atoms with E-state index in [2.05, 4.69) is 0 Å². The highest BCUT2D eigenvalue weighted by molar-refractivity contribution is 6.11. The van der Waals surface area contributed by atoms with E-state index in [1.165, 1.54) is 0 Å². The van der Waals surface area contributed by atoms with Crippen LogP contribution in [-0.2, 0) is 0 Å². The highest BCUT2D eigenvalue weighted by Crippen LogP contribution is 2.34. The fourth-order valence-corrected chi connectivity index (χ4v) is 1.63. The Morgan fingerprint density at radius 1 is 0.500 bits per heavy atom. The second-order valence-electron chi connectivity index (χ2n) is 3.39. The number of anilines is 4. The van der Waals surface area contributed by atoms with Crippen molar-refractivity contribution in [2.45, 2.75) is 0 Å². The SMILES string of the molecule is Nc1c(N)c(N)c2c(=O)c(=O)c(=O)c2c1N. The Bertz CT molecular complexity index is 694. The molecule has 16 heavy (non-hydrogen) atoms. The Balaban J connectivity index is 3.36. The molecule has 0 amide bonds. The number of hydrogen-bond acceptors (Lipinski definition) is 7. The summed E-state index contributed by atoms with van der Waals surface area (Å²) in [5.41, 5.74) is 18.4. The third-order valence-electron chi connectivity index (χ3n) is 2.53. The smallest absolute Gasteiger partial charge is 0.274 e. The monoisotopic (exact) mass is 220 g/mol. The van der Waals surface area contributed by atoms with Crippen molar-refractivity contribution in [1.82, 2.24) is 0 Å². The third kappa shape index (κ3) is 0.888. The summed E-state index contributed by atoms with van der Waals surface area (Å²) in [7, 11) is 0. The van der Waals surface area contributed by atoms with Gasteiger partial charge in [-0.25, -0.2) is 0 Å². The lowest BCUT2D eigenvalue weighted by Gasteiger charge is -2.08. The first-order valence-electron chi connectivity index (χ1n) is 4.27. The fraction of sp³-hybridized carbons (Fsp3) is 0. The van der Waals surface area contributed by atoms with Crippen molar-refractivity contribution in [3.63, 3.8) is 0 Å². The summed E-state index contributed by atoms with van der Waals surface area (Å²) in [4.78, 5) is 34.1. The van der Waals surface area contributed by atoms with Gasteiger partial charge in [0.1, 0.15) is 0 Å². The molecule has 0 aromatic heterocycles. The zero-order valence-electron chi connectivity index (χ0n) is 8.03. The van der Waals surface area contributed by atoms with Crippen LogP contribution in [0.25, 0.3) is 10.8 Å². The Morgan fingerprint density at radius 3 is 1.12 bits per heavy atom. The van der Waals surface area contributed by atoms with Crippen molar-refractivity contribution >= 4 is 33.5 Å². The molecule has 82 valence electrons. The lowest BCUT2D eigenvalue weighted by molar-refractivity contribution is 1.55. The summed E-state index contributed by atoms with van der Waals surface area (Å²) in [5.74, 6) is 0. The van der Waals surface area contributed by atoms with Gasteiger partial charge < -0.3 is 22.9 Å². The van der Waals surface area contributed by atoms with E-state index in [4.69, 9.17) is 22.9 Å². The zero-order valence-corrected chi connectivity index (χ0v) is 8.03. The van der Waals surface area contributed by atoms with E-state index in [-0.39, 0.29) is 33.5 Å². The van der Waals surface area contributed by atoms with Gasteiger partial charge in [-0.1, -0.05) is 0 Å². The molecule has 2 rings (SSSR count). The molecule has 0 saturated carbocycles. The molecule has 0 saturated heterocycles. The molecule has 0 atom stereocenters. The van der Waals surface area contributed by atoms with Crippen LogP contribution in [0.3, 0.4) is 0 Å². The lowest BCUT2D eigenvalue weighted by Crippen LogP contribution is -2.29. The first-order valence-corrected chi connectivity index (χ1v) is 4.27. The molecular weight excluding hydrogens is 212 g/mol. The molecule has 0 aliphatic heterocycles. The molecule has 2 aromatic rings. The lowest BCUT2D eigenvalue weighted by atomic mass is 10.1. The Hall–Kier alpha value is -2.57. The molecular formula is C9H8N4O3. The van der Waals surface area contributed by atoms with Crippen LogP contribution in [0.1, 0.15) is 0 Å². The van der Waals surface area contributed by atoms with E-state index in [1.807, 2.05) is 0 Å². The topological polar surface area (TPSA) is 155 Å². The Morgan fingerprint density at radius 2 is 0.812 bits per heavy atom. The summed E-state index contributed by atoms with van der Waals surface area (Å²) < 4.78 is 0. The number of hydrogen-bond donors (Lipinski definition) is 4. The van der Waals surface area contributed by atoms with E-state index < -0.39 is 16.3 Å². The molecule has 0 spiro atoms. The van der Waals surface area contributed by atoms with Crippen LogP contribution in [0, 0.1) is 0 Å². The van der Waals surface area contributed by atoms with Crippen molar-refractivity contribution in [3.8, 4) is 0 Å². The summed E-state index contributed by atoms with van der Waals surface area (Å²) in [6.45, 7) is 0. The highest BCUT2D eigenvalue weighted by atomic mass is 16.2. The fourth-order valence-electron chi connectivity index (χ4n) is 1.63. The van der Waals surface area contributed by atoms with Crippen LogP contribution in [0.2, 0.25) is 0 Å². The van der Waals surface area contributed by atoms with Crippen LogP contribution < -0.4 is 39.2 Å². The van der Waals surface area contributed by atoms with Gasteiger partial charge in [0.15, 0.2) is 0 Å². The molecule has 0 bridgehead atoms. The molecule has 8 N–H and O–H groups in total. The largest absolute Gasteiger partial charge is 0.396 e. The molecule has 2 aromatic carbocycles. The molecule has 7 heteroatoms. The molecule has 0 aliphatic carbocycles. The summed E-state index contributed by atoms with van der Waals surface area (Å²) >= 11 is 0. The number of benzene rings is 1. The van der Waals surface area contributed by atoms with Crippen LogP contribution >= 0.6 is 0 Å². The van der Waals surface area contributed by atoms with Crippen molar-refractivity contribution in [1.29, 1.82) is 0 Å². The Labute approximate surface area is 87.9 Å². The zero-order chi connectivity index (χ0) is 12.2. The number of fused-ring (bicyclic) bond motifs is 1. The first kappa shape index (κ1) is 9.97. The minimum atomic E-state index is -1.17. The third-order valence-corrected chi connectivity index (χ3v) is 2.53.